The number of aromatic nitrogens is 1. The van der Waals surface area contributed by atoms with Gasteiger partial charge < -0.3 is 24.5 Å². The monoisotopic (exact) mass is 532 g/mol. The molecule has 206 valence electrons. The SMILES string of the molecule is COCC(C)OC(=O)Cc1ccc(C)cc1OCc1cc(-c2cccc(CN)c2F)c2ccn(C(C)C)c2c1. The Morgan fingerprint density at radius 1 is 1.03 bits per heavy atom. The van der Waals surface area contributed by atoms with Crippen molar-refractivity contribution in [1.82, 2.24) is 4.57 Å². The average molecular weight is 533 g/mol. The van der Waals surface area contributed by atoms with Crippen molar-refractivity contribution in [1.29, 1.82) is 0 Å². The summed E-state index contributed by atoms with van der Waals surface area (Å²) in [5.74, 6) is -0.0376. The minimum absolute atomic E-state index is 0.0846. The molecule has 4 rings (SSSR count). The number of nitrogens with two attached hydrogens (primary N) is 1. The van der Waals surface area contributed by atoms with Gasteiger partial charge in [-0.3, -0.25) is 4.79 Å². The van der Waals surface area contributed by atoms with E-state index in [0.29, 0.717) is 23.5 Å². The molecule has 0 amide bonds. The lowest BCUT2D eigenvalue weighted by Gasteiger charge is -2.17. The molecule has 0 saturated carbocycles. The van der Waals surface area contributed by atoms with Crippen LogP contribution in [0.1, 0.15) is 49.1 Å². The summed E-state index contributed by atoms with van der Waals surface area (Å²) in [5.41, 5.74) is 11.2. The Hall–Kier alpha value is -3.68. The summed E-state index contributed by atoms with van der Waals surface area (Å²) in [4.78, 5) is 12.5. The van der Waals surface area contributed by atoms with Crippen molar-refractivity contribution in [3.8, 4) is 16.9 Å². The average Bonchev–Trinajstić information content (AvgIpc) is 3.33. The Balaban J connectivity index is 1.68. The predicted octanol–water partition coefficient (Wildman–Crippen LogP) is 6.50. The second kappa shape index (κ2) is 12.5. The van der Waals surface area contributed by atoms with E-state index in [-0.39, 0.29) is 43.5 Å². The number of carbonyl (C=O) groups excluding carboxylic acids is 1. The van der Waals surface area contributed by atoms with E-state index >= 15 is 4.39 Å². The Morgan fingerprint density at radius 3 is 2.54 bits per heavy atom. The Labute approximate surface area is 229 Å². The van der Waals surface area contributed by atoms with Crippen LogP contribution in [0.25, 0.3) is 22.0 Å². The lowest BCUT2D eigenvalue weighted by molar-refractivity contribution is -0.149. The van der Waals surface area contributed by atoms with E-state index in [0.717, 1.165) is 33.2 Å². The molecule has 0 radical (unpaired) electrons. The molecule has 0 aliphatic carbocycles. The van der Waals surface area contributed by atoms with Crippen LogP contribution in [0.15, 0.2) is 60.8 Å². The highest BCUT2D eigenvalue weighted by Gasteiger charge is 2.18. The third-order valence-corrected chi connectivity index (χ3v) is 6.73. The third kappa shape index (κ3) is 6.49. The van der Waals surface area contributed by atoms with Gasteiger partial charge in [0.25, 0.3) is 0 Å². The second-order valence-corrected chi connectivity index (χ2v) is 10.2. The van der Waals surface area contributed by atoms with E-state index in [4.69, 9.17) is 19.9 Å². The lowest BCUT2D eigenvalue weighted by atomic mass is 9.96. The number of methoxy groups -OCH3 is 1. The van der Waals surface area contributed by atoms with Crippen LogP contribution < -0.4 is 10.5 Å². The van der Waals surface area contributed by atoms with Crippen LogP contribution in [0.5, 0.6) is 5.75 Å². The molecular weight excluding hydrogens is 495 g/mol. The highest BCUT2D eigenvalue weighted by Crippen LogP contribution is 2.35. The molecule has 1 unspecified atom stereocenters. The van der Waals surface area contributed by atoms with E-state index in [1.54, 1.807) is 26.2 Å². The molecule has 1 atom stereocenters. The molecule has 0 bridgehead atoms. The van der Waals surface area contributed by atoms with Crippen LogP contribution in [0, 0.1) is 12.7 Å². The standard InChI is InChI=1S/C32H37FN2O4/c1-20(2)35-12-11-26-28(27-8-6-7-25(17-34)32(27)33)14-23(15-29(26)35)19-38-30-13-21(3)9-10-24(30)16-31(36)39-22(4)18-37-5/h6-15,20,22H,16-19,34H2,1-5H3. The van der Waals surface area contributed by atoms with Crippen molar-refractivity contribution in [2.45, 2.75) is 59.4 Å². The van der Waals surface area contributed by atoms with E-state index in [1.807, 2.05) is 49.5 Å². The number of halogens is 1. The summed E-state index contributed by atoms with van der Waals surface area (Å²) in [6.45, 7) is 8.70. The van der Waals surface area contributed by atoms with Gasteiger partial charge in [0.15, 0.2) is 0 Å². The van der Waals surface area contributed by atoms with Gasteiger partial charge in [-0.25, -0.2) is 4.39 Å². The van der Waals surface area contributed by atoms with Gasteiger partial charge in [-0.15, -0.1) is 0 Å². The fourth-order valence-corrected chi connectivity index (χ4v) is 4.82. The van der Waals surface area contributed by atoms with Crippen LogP contribution in [0.3, 0.4) is 0 Å². The van der Waals surface area contributed by atoms with Gasteiger partial charge in [-0.2, -0.15) is 0 Å². The topological polar surface area (TPSA) is 75.7 Å². The molecule has 0 saturated heterocycles. The molecule has 2 N–H and O–H groups in total. The number of aryl methyl sites for hydroxylation is 1. The zero-order valence-electron chi connectivity index (χ0n) is 23.3. The molecule has 39 heavy (non-hydrogen) atoms. The first kappa shape index (κ1) is 28.3. The molecule has 0 spiro atoms. The van der Waals surface area contributed by atoms with Crippen molar-refractivity contribution in [3.63, 3.8) is 0 Å². The van der Waals surface area contributed by atoms with E-state index < -0.39 is 0 Å². The van der Waals surface area contributed by atoms with Gasteiger partial charge in [0.05, 0.1) is 13.0 Å². The van der Waals surface area contributed by atoms with Crippen LogP contribution in [0.4, 0.5) is 4.39 Å². The number of esters is 1. The second-order valence-electron chi connectivity index (χ2n) is 10.2. The fraction of sp³-hybridized carbons (Fsp3) is 0.344. The van der Waals surface area contributed by atoms with Gasteiger partial charge in [-0.1, -0.05) is 30.3 Å². The maximum absolute atomic E-state index is 15.4. The van der Waals surface area contributed by atoms with Crippen LogP contribution >= 0.6 is 0 Å². The Morgan fingerprint density at radius 2 is 1.82 bits per heavy atom. The van der Waals surface area contributed by atoms with Crippen molar-refractivity contribution in [2.24, 2.45) is 5.73 Å². The smallest absolute Gasteiger partial charge is 0.310 e. The van der Waals surface area contributed by atoms with Gasteiger partial charge >= 0.3 is 5.97 Å². The zero-order valence-corrected chi connectivity index (χ0v) is 23.3. The van der Waals surface area contributed by atoms with Crippen LogP contribution in [-0.2, 0) is 33.8 Å². The minimum atomic E-state index is -0.345. The fourth-order valence-electron chi connectivity index (χ4n) is 4.82. The number of rotatable bonds is 11. The number of hydrogen-bond donors (Lipinski definition) is 1. The van der Waals surface area contributed by atoms with Gasteiger partial charge in [0.2, 0.25) is 0 Å². The zero-order chi connectivity index (χ0) is 28.1. The van der Waals surface area contributed by atoms with Crippen LogP contribution in [0.2, 0.25) is 0 Å². The molecule has 0 fully saturated rings. The van der Waals surface area contributed by atoms with Gasteiger partial charge in [0.1, 0.15) is 24.3 Å². The predicted molar refractivity (Wildman–Crippen MR) is 152 cm³/mol. The number of carbonyl (C=O) groups is 1. The number of benzene rings is 3. The molecular formula is C32H37FN2O4. The molecule has 0 aliphatic heterocycles. The van der Waals surface area contributed by atoms with Crippen molar-refractivity contribution >= 4 is 16.9 Å². The van der Waals surface area contributed by atoms with Crippen LogP contribution in [-0.4, -0.2) is 30.4 Å². The highest BCUT2D eigenvalue weighted by molar-refractivity contribution is 5.96. The number of nitrogens with zero attached hydrogens (tertiary/aromatic N) is 1. The maximum atomic E-state index is 15.4. The first-order chi connectivity index (χ1) is 18.7. The maximum Gasteiger partial charge on any atom is 0.310 e. The van der Waals surface area contributed by atoms with Crippen molar-refractivity contribution in [3.05, 3.63) is 88.9 Å². The van der Waals surface area contributed by atoms with Gasteiger partial charge in [0, 0.05) is 53.5 Å². The number of hydrogen-bond acceptors (Lipinski definition) is 5. The first-order valence-corrected chi connectivity index (χ1v) is 13.2. The first-order valence-electron chi connectivity index (χ1n) is 13.2. The quantitative estimate of drug-likeness (QED) is 0.223. The highest BCUT2D eigenvalue weighted by atomic mass is 19.1. The van der Waals surface area contributed by atoms with Gasteiger partial charge in [-0.05, 0) is 68.7 Å². The largest absolute Gasteiger partial charge is 0.489 e. The van der Waals surface area contributed by atoms with Crippen molar-refractivity contribution in [2.75, 3.05) is 13.7 Å². The molecule has 4 aromatic rings. The normalized spacial score (nSPS) is 12.2. The number of ether oxygens (including phenoxy) is 3. The molecule has 7 heteroatoms. The van der Waals surface area contributed by atoms with E-state index in [2.05, 4.69) is 24.5 Å². The minimum Gasteiger partial charge on any atom is -0.489 e. The molecule has 1 aromatic heterocycles. The number of fused-ring (bicyclic) bond motifs is 1. The third-order valence-electron chi connectivity index (χ3n) is 6.73. The summed E-state index contributed by atoms with van der Waals surface area (Å²) < 4.78 is 34.4. The summed E-state index contributed by atoms with van der Waals surface area (Å²) >= 11 is 0. The molecule has 3 aromatic carbocycles. The Kier molecular flexibility index (Phi) is 9.04. The van der Waals surface area contributed by atoms with E-state index in [1.165, 1.54) is 0 Å². The lowest BCUT2D eigenvalue weighted by Crippen LogP contribution is -2.21. The summed E-state index contributed by atoms with van der Waals surface area (Å²) in [7, 11) is 1.57. The Bertz CT molecular complexity index is 1460. The molecule has 1 heterocycles. The van der Waals surface area contributed by atoms with Crippen molar-refractivity contribution < 1.29 is 23.4 Å². The molecule has 0 aliphatic rings. The molecule has 6 nitrogen and oxygen atoms in total. The summed E-state index contributed by atoms with van der Waals surface area (Å²) in [6, 6.07) is 17.4. The summed E-state index contributed by atoms with van der Waals surface area (Å²) in [6.07, 6.45) is 1.78. The van der Waals surface area contributed by atoms with E-state index in [9.17, 15) is 4.79 Å². The summed E-state index contributed by atoms with van der Waals surface area (Å²) in [5, 5.41) is 0.963.